The van der Waals surface area contributed by atoms with E-state index < -0.39 is 23.1 Å². The maximum atomic E-state index is 16.9. The molecule has 3 atom stereocenters. The zero-order valence-electron chi connectivity index (χ0n) is 29.7. The van der Waals surface area contributed by atoms with Crippen LogP contribution in [0.25, 0.3) is 39.0 Å². The van der Waals surface area contributed by atoms with Gasteiger partial charge in [-0.05, 0) is 56.5 Å². The van der Waals surface area contributed by atoms with E-state index in [-0.39, 0.29) is 47.5 Å². The number of rotatable bonds is 9. The average molecular weight is 757 g/mol. The molecule has 9 rings (SSSR count). The fraction of sp³-hybridized carbons (Fsp3) is 0.436. The number of nitrogens with zero attached hydrogens (tertiary/aromatic N) is 8. The summed E-state index contributed by atoms with van der Waals surface area (Å²) >= 11 is 6.63. The smallest absolute Gasteiger partial charge is 0.319 e. The van der Waals surface area contributed by atoms with Gasteiger partial charge >= 0.3 is 6.01 Å². The Hall–Kier alpha value is -4.79. The summed E-state index contributed by atoms with van der Waals surface area (Å²) in [5, 5.41) is 16.8. The van der Waals surface area contributed by atoms with E-state index in [0.29, 0.717) is 72.5 Å². The Morgan fingerprint density at radius 2 is 1.96 bits per heavy atom. The van der Waals surface area contributed by atoms with E-state index in [1.54, 1.807) is 23.2 Å². The van der Waals surface area contributed by atoms with Gasteiger partial charge in [0.2, 0.25) is 11.7 Å². The highest BCUT2D eigenvalue weighted by Crippen LogP contribution is 2.42. The highest BCUT2D eigenvalue weighted by molar-refractivity contribution is 6.36. The number of fused-ring (bicyclic) bond motifs is 3. The molecule has 3 saturated heterocycles. The number of aliphatic hydroxyl groups is 1. The highest BCUT2D eigenvalue weighted by atomic mass is 35.5. The molecule has 0 spiro atoms. The lowest BCUT2D eigenvalue weighted by Gasteiger charge is -2.32. The van der Waals surface area contributed by atoms with Crippen molar-refractivity contribution < 1.29 is 27.9 Å². The zero-order valence-corrected chi connectivity index (χ0v) is 30.5. The molecular weight excluding hydrogens is 718 g/mol. The Morgan fingerprint density at radius 3 is 2.78 bits per heavy atom. The number of likely N-dealkylation sites (N-methyl/N-ethyl adjacent to an activating group) is 1. The van der Waals surface area contributed by atoms with Gasteiger partial charge in [-0.25, -0.2) is 8.78 Å². The number of carbonyl (C=O) groups is 1. The number of hydrogen-bond donors (Lipinski definition) is 1. The molecular formula is C39H39ClF2N8O4. The number of carbonyl (C=O) groups excluding carboxylic acids is 1. The lowest BCUT2D eigenvalue weighted by atomic mass is 9.80. The molecule has 0 radical (unpaired) electrons. The van der Waals surface area contributed by atoms with Crippen molar-refractivity contribution in [1.29, 1.82) is 0 Å². The van der Waals surface area contributed by atoms with E-state index in [1.165, 1.54) is 12.2 Å². The van der Waals surface area contributed by atoms with Crippen LogP contribution in [0.15, 0.2) is 53.2 Å². The van der Waals surface area contributed by atoms with Crippen molar-refractivity contribution in [3.05, 3.63) is 71.2 Å². The molecule has 2 aromatic carbocycles. The number of ether oxygens (including phenoxy) is 1. The first-order valence-corrected chi connectivity index (χ1v) is 18.8. The lowest BCUT2D eigenvalue weighted by molar-refractivity contribution is -0.125. The number of hydrogen-bond acceptors (Lipinski definition) is 11. The quantitative estimate of drug-likeness (QED) is 0.175. The van der Waals surface area contributed by atoms with E-state index in [4.69, 9.17) is 25.8 Å². The monoisotopic (exact) mass is 756 g/mol. The minimum atomic E-state index is -1.06. The van der Waals surface area contributed by atoms with Crippen molar-refractivity contribution in [2.75, 3.05) is 44.7 Å². The molecule has 280 valence electrons. The standard InChI is InChI=1S/C39H39ClF2N8O4/c1-48(25-12-17-49(21-25)30(51)11-10-29-44-36(47-54-29)39(52)14-4-15-39)35-27-19-43-33(26-8-2-6-23-7-3-9-28(40)31(23)26)32(42)34(27)45-37(46-35)53-22-38-13-5-16-50(38)20-24(41)18-38/h2-3,6-11,19,24-25,52H,4-5,12-18,20-22H2,1H3/b11-10+/t24-,25-,38+/m1/s1. The minimum absolute atomic E-state index is 0.0146. The second-order valence-corrected chi connectivity index (χ2v) is 15.4. The Balaban J connectivity index is 1.02. The van der Waals surface area contributed by atoms with Gasteiger partial charge in [0.15, 0.2) is 5.82 Å². The molecule has 1 aliphatic carbocycles. The first-order chi connectivity index (χ1) is 26.1. The topological polar surface area (TPSA) is 134 Å². The summed E-state index contributed by atoms with van der Waals surface area (Å²) in [4.78, 5) is 37.3. The van der Waals surface area contributed by atoms with Crippen LogP contribution in [0.5, 0.6) is 6.01 Å². The van der Waals surface area contributed by atoms with Gasteiger partial charge in [0.25, 0.3) is 5.89 Å². The van der Waals surface area contributed by atoms with E-state index in [2.05, 4.69) is 25.0 Å². The Bertz CT molecular complexity index is 2300. The second-order valence-electron chi connectivity index (χ2n) is 15.0. The van der Waals surface area contributed by atoms with Crippen molar-refractivity contribution in [2.24, 2.45) is 0 Å². The normalized spacial score (nSPS) is 23.8. The molecule has 1 saturated carbocycles. The summed E-state index contributed by atoms with van der Waals surface area (Å²) in [7, 11) is 1.85. The van der Waals surface area contributed by atoms with Gasteiger partial charge in [-0.1, -0.05) is 47.1 Å². The molecule has 54 heavy (non-hydrogen) atoms. The molecule has 5 aromatic rings. The molecule has 12 nitrogen and oxygen atoms in total. The third-order valence-electron chi connectivity index (χ3n) is 11.7. The van der Waals surface area contributed by atoms with E-state index in [1.807, 2.05) is 36.2 Å². The Kier molecular flexibility index (Phi) is 8.74. The molecule has 1 N–H and O–H groups in total. The number of pyridine rings is 1. The van der Waals surface area contributed by atoms with E-state index in [0.717, 1.165) is 31.2 Å². The third kappa shape index (κ3) is 6.04. The second kappa shape index (κ2) is 13.5. The molecule has 0 bridgehead atoms. The van der Waals surface area contributed by atoms with Crippen molar-refractivity contribution in [3.8, 4) is 17.3 Å². The maximum Gasteiger partial charge on any atom is 0.319 e. The summed E-state index contributed by atoms with van der Waals surface area (Å²) in [6.07, 6.45) is 8.26. The fourth-order valence-corrected chi connectivity index (χ4v) is 8.87. The maximum absolute atomic E-state index is 16.9. The van der Waals surface area contributed by atoms with Crippen molar-refractivity contribution in [2.45, 2.75) is 68.3 Å². The number of benzene rings is 2. The van der Waals surface area contributed by atoms with Crippen molar-refractivity contribution in [1.82, 2.24) is 34.9 Å². The number of anilines is 1. The summed E-state index contributed by atoms with van der Waals surface area (Å²) in [5.74, 6) is -0.0983. The van der Waals surface area contributed by atoms with Gasteiger partial charge in [-0.2, -0.15) is 15.0 Å². The van der Waals surface area contributed by atoms with Gasteiger partial charge < -0.3 is 24.2 Å². The Morgan fingerprint density at radius 1 is 1.13 bits per heavy atom. The van der Waals surface area contributed by atoms with Crippen LogP contribution in [0.3, 0.4) is 0 Å². The molecule has 3 aliphatic heterocycles. The van der Waals surface area contributed by atoms with Crippen molar-refractivity contribution in [3.63, 3.8) is 0 Å². The molecule has 15 heteroatoms. The minimum Gasteiger partial charge on any atom is -0.461 e. The molecule has 3 aromatic heterocycles. The first-order valence-electron chi connectivity index (χ1n) is 18.4. The molecule has 4 aliphatic rings. The molecule has 0 unspecified atom stereocenters. The van der Waals surface area contributed by atoms with Crippen LogP contribution < -0.4 is 9.64 Å². The highest BCUT2D eigenvalue weighted by Gasteiger charge is 2.49. The van der Waals surface area contributed by atoms with Crippen LogP contribution in [0.4, 0.5) is 14.6 Å². The molecule has 4 fully saturated rings. The Labute approximate surface area is 314 Å². The molecule has 1 amide bonds. The number of likely N-dealkylation sites (tertiary alicyclic amines) is 1. The summed E-state index contributed by atoms with van der Waals surface area (Å²) in [6, 6.07) is 10.9. The van der Waals surface area contributed by atoms with Gasteiger partial charge in [-0.15, -0.1) is 0 Å². The average Bonchev–Trinajstić information content (AvgIpc) is 3.97. The zero-order chi connectivity index (χ0) is 37.2. The van der Waals surface area contributed by atoms with Gasteiger partial charge in [0.05, 0.1) is 10.9 Å². The summed E-state index contributed by atoms with van der Waals surface area (Å²) < 4.78 is 43.0. The fourth-order valence-electron chi connectivity index (χ4n) is 8.59. The van der Waals surface area contributed by atoms with Crippen LogP contribution in [0.2, 0.25) is 5.02 Å². The molecule has 6 heterocycles. The van der Waals surface area contributed by atoms with Crippen LogP contribution in [-0.2, 0) is 10.4 Å². The van der Waals surface area contributed by atoms with Crippen molar-refractivity contribution >= 4 is 51.1 Å². The number of halogens is 3. The van der Waals surface area contributed by atoms with Gasteiger partial charge in [0.1, 0.15) is 35.4 Å². The van der Waals surface area contributed by atoms with Crippen LogP contribution in [0.1, 0.15) is 56.7 Å². The number of alkyl halides is 1. The third-order valence-corrected chi connectivity index (χ3v) is 12.1. The van der Waals surface area contributed by atoms with Gasteiger partial charge in [0, 0.05) is 73.5 Å². The largest absolute Gasteiger partial charge is 0.461 e. The van der Waals surface area contributed by atoms with Crippen LogP contribution in [0, 0.1) is 5.82 Å². The predicted molar refractivity (Wildman–Crippen MR) is 198 cm³/mol. The van der Waals surface area contributed by atoms with Crippen LogP contribution >= 0.6 is 11.6 Å². The first kappa shape index (κ1) is 34.9. The number of aromatic nitrogens is 5. The van der Waals surface area contributed by atoms with Crippen LogP contribution in [-0.4, -0.2) is 103 Å². The SMILES string of the molecule is CN(c1nc(OC[C@@]23CCCN2C[C@H](F)C3)nc2c(F)c(-c3cccc4cccc(Cl)c34)ncc12)[C@@H]1CCN(C(=O)/C=C/c2nc(C3(O)CCC3)no2)C1. The lowest BCUT2D eigenvalue weighted by Crippen LogP contribution is -2.43. The van der Waals surface area contributed by atoms with E-state index in [9.17, 15) is 14.3 Å². The van der Waals surface area contributed by atoms with E-state index >= 15 is 4.39 Å². The summed E-state index contributed by atoms with van der Waals surface area (Å²) in [6.45, 7) is 2.20. The summed E-state index contributed by atoms with van der Waals surface area (Å²) in [5.41, 5.74) is -0.856. The van der Waals surface area contributed by atoms with Gasteiger partial charge in [-0.3, -0.25) is 14.7 Å². The predicted octanol–water partition coefficient (Wildman–Crippen LogP) is 6.10. The number of amides is 1.